The van der Waals surface area contributed by atoms with Crippen molar-refractivity contribution in [2.45, 2.75) is 19.8 Å². The maximum absolute atomic E-state index is 12.4. The first-order valence-corrected chi connectivity index (χ1v) is 11.5. The van der Waals surface area contributed by atoms with Crippen LogP contribution in [0.25, 0.3) is 17.4 Å². The van der Waals surface area contributed by atoms with Crippen LogP contribution >= 0.6 is 35.0 Å². The lowest BCUT2D eigenvalue weighted by molar-refractivity contribution is -0.149. The number of amidine groups is 1. The maximum Gasteiger partial charge on any atom is 0.309 e. The van der Waals surface area contributed by atoms with Gasteiger partial charge in [-0.2, -0.15) is 4.99 Å². The lowest BCUT2D eigenvalue weighted by Crippen LogP contribution is -2.39. The SMILES string of the molecule is CCOC(=O)C1CCN(C2=NC(=O)/C(=C\c3ccc(-c4ccc(Cl)c(Cl)c4)o3)S2)CC1. The van der Waals surface area contributed by atoms with Gasteiger partial charge in [-0.1, -0.05) is 23.2 Å². The number of piperidine rings is 1. The summed E-state index contributed by atoms with van der Waals surface area (Å²) in [4.78, 5) is 31.0. The fourth-order valence-corrected chi connectivity index (χ4v) is 4.71. The zero-order valence-electron chi connectivity index (χ0n) is 16.8. The van der Waals surface area contributed by atoms with Crippen molar-refractivity contribution >= 4 is 58.1 Å². The Morgan fingerprint density at radius 1 is 1.26 bits per heavy atom. The summed E-state index contributed by atoms with van der Waals surface area (Å²) in [6, 6.07) is 8.87. The summed E-state index contributed by atoms with van der Waals surface area (Å²) in [5.74, 6) is 0.657. The number of aliphatic imine (C=N–C) groups is 1. The van der Waals surface area contributed by atoms with Crippen LogP contribution in [0.15, 0.2) is 44.6 Å². The average molecular weight is 479 g/mol. The highest BCUT2D eigenvalue weighted by Gasteiger charge is 2.31. The van der Waals surface area contributed by atoms with Crippen LogP contribution in [0.3, 0.4) is 0 Å². The number of ether oxygens (including phenoxy) is 1. The van der Waals surface area contributed by atoms with Crippen LogP contribution in [0.4, 0.5) is 0 Å². The van der Waals surface area contributed by atoms with Crippen molar-refractivity contribution < 1.29 is 18.7 Å². The summed E-state index contributed by atoms with van der Waals surface area (Å²) >= 11 is 13.4. The number of carbonyl (C=O) groups excluding carboxylic acids is 2. The first kappa shape index (κ1) is 22.0. The molecule has 6 nitrogen and oxygen atoms in total. The van der Waals surface area contributed by atoms with E-state index in [2.05, 4.69) is 4.99 Å². The first-order chi connectivity index (χ1) is 14.9. The smallest absolute Gasteiger partial charge is 0.309 e. The Bertz CT molecular complexity index is 1070. The molecule has 0 radical (unpaired) electrons. The molecule has 1 fully saturated rings. The van der Waals surface area contributed by atoms with Crippen molar-refractivity contribution in [1.29, 1.82) is 0 Å². The largest absolute Gasteiger partial charge is 0.466 e. The standard InChI is InChI=1S/C22H20Cl2N2O4S/c1-2-29-21(28)13-7-9-26(10-8-13)22-25-20(27)19(31-22)12-15-4-6-18(30-15)14-3-5-16(23)17(24)11-14/h3-6,11-13H,2,7-10H2,1H3/b19-12+. The molecule has 1 aromatic heterocycles. The fraction of sp³-hybridized carbons (Fsp3) is 0.318. The molecule has 31 heavy (non-hydrogen) atoms. The van der Waals surface area contributed by atoms with Gasteiger partial charge in [-0.3, -0.25) is 9.59 Å². The molecule has 2 aromatic rings. The molecule has 0 atom stereocenters. The highest BCUT2D eigenvalue weighted by atomic mass is 35.5. The third-order valence-corrected chi connectivity index (χ3v) is 6.88. The number of benzene rings is 1. The number of amides is 1. The molecule has 9 heteroatoms. The Hall–Kier alpha value is -2.22. The van der Waals surface area contributed by atoms with Crippen molar-refractivity contribution in [1.82, 2.24) is 4.90 Å². The van der Waals surface area contributed by atoms with Crippen molar-refractivity contribution in [3.8, 4) is 11.3 Å². The van der Waals surface area contributed by atoms with Gasteiger partial charge in [0.05, 0.1) is 27.5 Å². The molecule has 1 amide bonds. The van der Waals surface area contributed by atoms with E-state index in [9.17, 15) is 9.59 Å². The van der Waals surface area contributed by atoms with Crippen LogP contribution in [-0.2, 0) is 14.3 Å². The Balaban J connectivity index is 1.40. The number of likely N-dealkylation sites (tertiary alicyclic amines) is 1. The van der Waals surface area contributed by atoms with Crippen molar-refractivity contribution in [2.75, 3.05) is 19.7 Å². The molecule has 0 bridgehead atoms. The number of furan rings is 1. The minimum absolute atomic E-state index is 0.0863. The predicted molar refractivity (Wildman–Crippen MR) is 123 cm³/mol. The van der Waals surface area contributed by atoms with Gasteiger partial charge in [-0.25, -0.2) is 0 Å². The summed E-state index contributed by atoms with van der Waals surface area (Å²) < 4.78 is 11.0. The molecule has 0 unspecified atom stereocenters. The zero-order valence-corrected chi connectivity index (χ0v) is 19.1. The van der Waals surface area contributed by atoms with E-state index in [0.717, 1.165) is 5.56 Å². The Morgan fingerprint density at radius 2 is 2.03 bits per heavy atom. The average Bonchev–Trinajstić information content (AvgIpc) is 3.38. The summed E-state index contributed by atoms with van der Waals surface area (Å²) in [7, 11) is 0. The van der Waals surface area contributed by atoms with E-state index in [-0.39, 0.29) is 17.8 Å². The van der Waals surface area contributed by atoms with Crippen molar-refractivity contribution in [3.05, 3.63) is 51.0 Å². The third kappa shape index (κ3) is 5.00. The van der Waals surface area contributed by atoms with Gasteiger partial charge in [0.2, 0.25) is 0 Å². The van der Waals surface area contributed by atoms with Crippen LogP contribution in [0.2, 0.25) is 10.0 Å². The number of hydrogen-bond acceptors (Lipinski definition) is 6. The molecule has 2 aliphatic rings. The highest BCUT2D eigenvalue weighted by molar-refractivity contribution is 8.18. The fourth-order valence-electron chi connectivity index (χ4n) is 3.46. The second-order valence-electron chi connectivity index (χ2n) is 7.15. The van der Waals surface area contributed by atoms with E-state index in [0.29, 0.717) is 64.2 Å². The molecular formula is C22H20Cl2N2O4S. The van der Waals surface area contributed by atoms with Crippen LogP contribution in [-0.4, -0.2) is 41.6 Å². The summed E-state index contributed by atoms with van der Waals surface area (Å²) in [5, 5.41) is 1.58. The molecule has 1 aromatic carbocycles. The number of esters is 1. The molecule has 1 saturated heterocycles. The van der Waals surface area contributed by atoms with E-state index < -0.39 is 0 Å². The van der Waals surface area contributed by atoms with Crippen molar-refractivity contribution in [3.63, 3.8) is 0 Å². The molecule has 2 aliphatic heterocycles. The van der Waals surface area contributed by atoms with Gasteiger partial charge in [0, 0.05) is 24.7 Å². The van der Waals surface area contributed by atoms with Crippen LogP contribution in [0.5, 0.6) is 0 Å². The van der Waals surface area contributed by atoms with E-state index in [1.54, 1.807) is 24.3 Å². The molecule has 162 valence electrons. The molecule has 0 N–H and O–H groups in total. The quantitative estimate of drug-likeness (QED) is 0.426. The van der Waals surface area contributed by atoms with Gasteiger partial charge in [-0.15, -0.1) is 0 Å². The number of halogens is 2. The molecule has 0 aliphatic carbocycles. The second-order valence-corrected chi connectivity index (χ2v) is 8.98. The number of hydrogen-bond donors (Lipinski definition) is 0. The lowest BCUT2D eigenvalue weighted by atomic mass is 9.97. The maximum atomic E-state index is 12.4. The summed E-state index contributed by atoms with van der Waals surface area (Å²) in [5.41, 5.74) is 0.797. The van der Waals surface area contributed by atoms with Gasteiger partial charge in [0.1, 0.15) is 11.5 Å². The zero-order chi connectivity index (χ0) is 22.0. The predicted octanol–water partition coefficient (Wildman–Crippen LogP) is 5.50. The topological polar surface area (TPSA) is 72.1 Å². The molecule has 0 spiro atoms. The molecule has 3 heterocycles. The number of carbonyl (C=O) groups is 2. The first-order valence-electron chi connectivity index (χ1n) is 9.94. The Morgan fingerprint density at radius 3 is 2.74 bits per heavy atom. The van der Waals surface area contributed by atoms with Gasteiger partial charge < -0.3 is 14.1 Å². The van der Waals surface area contributed by atoms with E-state index >= 15 is 0 Å². The second kappa shape index (κ2) is 9.51. The Kier molecular flexibility index (Phi) is 6.74. The third-order valence-electron chi connectivity index (χ3n) is 5.10. The van der Waals surface area contributed by atoms with E-state index in [1.165, 1.54) is 11.8 Å². The van der Waals surface area contributed by atoms with E-state index in [4.69, 9.17) is 32.4 Å². The number of nitrogens with zero attached hydrogens (tertiary/aromatic N) is 2. The summed E-state index contributed by atoms with van der Waals surface area (Å²) in [6.45, 7) is 3.53. The molecular weight excluding hydrogens is 459 g/mol. The van der Waals surface area contributed by atoms with E-state index in [1.807, 2.05) is 24.0 Å². The normalized spacial score (nSPS) is 18.5. The summed E-state index contributed by atoms with van der Waals surface area (Å²) in [6.07, 6.45) is 3.07. The lowest BCUT2D eigenvalue weighted by Gasteiger charge is -2.31. The van der Waals surface area contributed by atoms with Gasteiger partial charge in [0.15, 0.2) is 5.17 Å². The monoisotopic (exact) mass is 478 g/mol. The minimum Gasteiger partial charge on any atom is -0.466 e. The van der Waals surface area contributed by atoms with Crippen molar-refractivity contribution in [2.24, 2.45) is 10.9 Å². The highest BCUT2D eigenvalue weighted by Crippen LogP contribution is 2.34. The van der Waals surface area contributed by atoms with Gasteiger partial charge in [-0.05, 0) is 61.9 Å². The van der Waals surface area contributed by atoms with Crippen LogP contribution in [0, 0.1) is 5.92 Å². The number of rotatable bonds is 4. The van der Waals surface area contributed by atoms with Gasteiger partial charge >= 0.3 is 5.97 Å². The Labute approximate surface area is 194 Å². The molecule has 0 saturated carbocycles. The van der Waals surface area contributed by atoms with Crippen LogP contribution in [0.1, 0.15) is 25.5 Å². The molecule has 4 rings (SSSR count). The number of thioether (sulfide) groups is 1. The van der Waals surface area contributed by atoms with Crippen LogP contribution < -0.4 is 0 Å². The van der Waals surface area contributed by atoms with Gasteiger partial charge in [0.25, 0.3) is 5.91 Å². The minimum atomic E-state index is -0.292.